The largest absolute Gasteiger partial charge is 0.312 e. The number of rotatable bonds is 4. The van der Waals surface area contributed by atoms with Crippen LogP contribution in [0.15, 0.2) is 61.2 Å². The molecular formula is C19H19N. The Morgan fingerprint density at radius 3 is 2.25 bits per heavy atom. The molecule has 0 spiro atoms. The van der Waals surface area contributed by atoms with Crippen LogP contribution in [0.25, 0.3) is 0 Å². The monoisotopic (exact) mass is 261 g/mol. The van der Waals surface area contributed by atoms with E-state index < -0.39 is 0 Å². The summed E-state index contributed by atoms with van der Waals surface area (Å²) in [6.07, 6.45) is 3.16. The van der Waals surface area contributed by atoms with Crippen molar-refractivity contribution in [1.29, 1.82) is 0 Å². The van der Waals surface area contributed by atoms with Gasteiger partial charge in [-0.3, -0.25) is 0 Å². The third kappa shape index (κ3) is 1.41. The predicted octanol–water partition coefficient (Wildman–Crippen LogP) is 3.60. The molecule has 2 aliphatic rings. The molecule has 0 saturated carbocycles. The summed E-state index contributed by atoms with van der Waals surface area (Å²) in [5.41, 5.74) is 6.29. The summed E-state index contributed by atoms with van der Waals surface area (Å²) in [6, 6.07) is 18.0. The molecule has 100 valence electrons. The summed E-state index contributed by atoms with van der Waals surface area (Å²) in [5, 5.41) is 3.56. The SMILES string of the molecule is C=CCNCC12CC(c3ccccc31)c1ccccc12. The van der Waals surface area contributed by atoms with E-state index in [4.69, 9.17) is 0 Å². The smallest absolute Gasteiger partial charge is 0.0342 e. The molecule has 0 fully saturated rings. The first kappa shape index (κ1) is 11.9. The summed E-state index contributed by atoms with van der Waals surface area (Å²) in [7, 11) is 0. The standard InChI is InChI=1S/C19H19N/c1-2-11-20-13-19-12-16(14-7-3-5-9-17(14)19)15-8-4-6-10-18(15)19/h2-10,16,20H,1,11-13H2. The second-order valence-electron chi connectivity index (χ2n) is 5.93. The van der Waals surface area contributed by atoms with Crippen LogP contribution < -0.4 is 5.32 Å². The lowest BCUT2D eigenvalue weighted by Crippen LogP contribution is -2.36. The van der Waals surface area contributed by atoms with Crippen LogP contribution in [0, 0.1) is 0 Å². The Morgan fingerprint density at radius 1 is 1.05 bits per heavy atom. The van der Waals surface area contributed by atoms with Gasteiger partial charge in [0.2, 0.25) is 0 Å². The van der Waals surface area contributed by atoms with Gasteiger partial charge in [-0.25, -0.2) is 0 Å². The van der Waals surface area contributed by atoms with Gasteiger partial charge in [0, 0.05) is 24.4 Å². The summed E-state index contributed by atoms with van der Waals surface area (Å²) in [6.45, 7) is 5.69. The van der Waals surface area contributed by atoms with Gasteiger partial charge in [0.05, 0.1) is 0 Å². The number of nitrogens with one attached hydrogen (secondary N) is 1. The lowest BCUT2D eigenvalue weighted by atomic mass is 9.75. The van der Waals surface area contributed by atoms with E-state index in [9.17, 15) is 0 Å². The van der Waals surface area contributed by atoms with Crippen molar-refractivity contribution in [2.75, 3.05) is 13.1 Å². The fourth-order valence-corrected chi connectivity index (χ4v) is 4.22. The first-order chi connectivity index (χ1) is 9.87. The minimum Gasteiger partial charge on any atom is -0.312 e. The second-order valence-corrected chi connectivity index (χ2v) is 5.93. The van der Waals surface area contributed by atoms with Crippen molar-refractivity contribution in [1.82, 2.24) is 5.32 Å². The first-order valence-electron chi connectivity index (χ1n) is 7.37. The van der Waals surface area contributed by atoms with Crippen LogP contribution in [0.1, 0.15) is 34.6 Å². The third-order valence-corrected chi connectivity index (χ3v) is 4.97. The zero-order chi connectivity index (χ0) is 13.6. The van der Waals surface area contributed by atoms with Gasteiger partial charge < -0.3 is 5.32 Å². The summed E-state index contributed by atoms with van der Waals surface area (Å²) in [4.78, 5) is 0. The summed E-state index contributed by atoms with van der Waals surface area (Å²) in [5.74, 6) is 0.591. The van der Waals surface area contributed by atoms with Crippen molar-refractivity contribution < 1.29 is 0 Å². The van der Waals surface area contributed by atoms with Crippen LogP contribution >= 0.6 is 0 Å². The zero-order valence-corrected chi connectivity index (χ0v) is 11.6. The van der Waals surface area contributed by atoms with Crippen LogP contribution in [-0.2, 0) is 5.41 Å². The van der Waals surface area contributed by atoms with Crippen molar-refractivity contribution >= 4 is 0 Å². The van der Waals surface area contributed by atoms with Crippen molar-refractivity contribution in [3.8, 4) is 0 Å². The van der Waals surface area contributed by atoms with Crippen molar-refractivity contribution in [2.45, 2.75) is 17.8 Å². The highest BCUT2D eigenvalue weighted by Crippen LogP contribution is 2.59. The molecule has 0 atom stereocenters. The van der Waals surface area contributed by atoms with Crippen LogP contribution in [0.3, 0.4) is 0 Å². The number of hydrogen-bond acceptors (Lipinski definition) is 1. The van der Waals surface area contributed by atoms with Crippen molar-refractivity contribution in [3.63, 3.8) is 0 Å². The molecular weight excluding hydrogens is 242 g/mol. The van der Waals surface area contributed by atoms with Crippen LogP contribution in [0.5, 0.6) is 0 Å². The quantitative estimate of drug-likeness (QED) is 0.655. The molecule has 0 heterocycles. The molecule has 2 aromatic rings. The molecule has 2 aliphatic carbocycles. The van der Waals surface area contributed by atoms with Crippen molar-refractivity contribution in [3.05, 3.63) is 83.4 Å². The normalized spacial score (nSPS) is 25.3. The molecule has 0 amide bonds. The third-order valence-electron chi connectivity index (χ3n) is 4.97. The highest BCUT2D eigenvalue weighted by Gasteiger charge is 2.51. The molecule has 2 aromatic carbocycles. The van der Waals surface area contributed by atoms with E-state index in [1.165, 1.54) is 28.7 Å². The van der Waals surface area contributed by atoms with E-state index in [0.717, 1.165) is 13.1 Å². The van der Waals surface area contributed by atoms with E-state index in [0.29, 0.717) is 5.92 Å². The van der Waals surface area contributed by atoms with Gasteiger partial charge >= 0.3 is 0 Å². The fraction of sp³-hybridized carbons (Fsp3) is 0.263. The van der Waals surface area contributed by atoms with Crippen LogP contribution in [0.2, 0.25) is 0 Å². The average Bonchev–Trinajstić information content (AvgIpc) is 3.01. The Kier molecular flexibility index (Phi) is 2.58. The summed E-state index contributed by atoms with van der Waals surface area (Å²) >= 11 is 0. The predicted molar refractivity (Wildman–Crippen MR) is 83.2 cm³/mol. The van der Waals surface area contributed by atoms with Crippen LogP contribution in [0.4, 0.5) is 0 Å². The number of fused-ring (bicyclic) bond motifs is 8. The molecule has 0 saturated heterocycles. The Morgan fingerprint density at radius 2 is 1.65 bits per heavy atom. The van der Waals surface area contributed by atoms with Gasteiger partial charge in [-0.15, -0.1) is 6.58 Å². The Hall–Kier alpha value is -1.86. The molecule has 0 radical (unpaired) electrons. The minimum absolute atomic E-state index is 0.168. The van der Waals surface area contributed by atoms with Gasteiger partial charge in [-0.2, -0.15) is 0 Å². The maximum Gasteiger partial charge on any atom is 0.0342 e. The lowest BCUT2D eigenvalue weighted by Gasteiger charge is -2.31. The van der Waals surface area contributed by atoms with E-state index >= 15 is 0 Å². The minimum atomic E-state index is 0.168. The maximum absolute atomic E-state index is 3.81. The molecule has 0 aromatic heterocycles. The lowest BCUT2D eigenvalue weighted by molar-refractivity contribution is 0.490. The molecule has 20 heavy (non-hydrogen) atoms. The molecule has 0 unspecified atom stereocenters. The zero-order valence-electron chi connectivity index (χ0n) is 11.6. The molecule has 1 heteroatoms. The van der Waals surface area contributed by atoms with Gasteiger partial charge in [0.15, 0.2) is 0 Å². The van der Waals surface area contributed by atoms with E-state index in [1.807, 2.05) is 6.08 Å². The average molecular weight is 261 g/mol. The van der Waals surface area contributed by atoms with Crippen LogP contribution in [-0.4, -0.2) is 13.1 Å². The van der Waals surface area contributed by atoms with Gasteiger partial charge in [-0.1, -0.05) is 54.6 Å². The molecule has 0 aliphatic heterocycles. The van der Waals surface area contributed by atoms with E-state index in [-0.39, 0.29) is 5.41 Å². The Balaban J connectivity index is 1.86. The van der Waals surface area contributed by atoms with Gasteiger partial charge in [0.25, 0.3) is 0 Å². The van der Waals surface area contributed by atoms with Crippen molar-refractivity contribution in [2.24, 2.45) is 0 Å². The summed E-state index contributed by atoms with van der Waals surface area (Å²) < 4.78 is 0. The van der Waals surface area contributed by atoms with Gasteiger partial charge in [-0.05, 0) is 28.7 Å². The van der Waals surface area contributed by atoms with Gasteiger partial charge in [0.1, 0.15) is 0 Å². The molecule has 4 rings (SSSR count). The Bertz CT molecular complexity index is 623. The molecule has 1 N–H and O–H groups in total. The Labute approximate surface area is 120 Å². The maximum atomic E-state index is 3.81. The number of benzene rings is 2. The second kappa shape index (κ2) is 4.32. The fourth-order valence-electron chi connectivity index (χ4n) is 4.22. The van der Waals surface area contributed by atoms with E-state index in [2.05, 4.69) is 60.4 Å². The highest BCUT2D eigenvalue weighted by atomic mass is 14.9. The topological polar surface area (TPSA) is 12.0 Å². The number of hydrogen-bond donors (Lipinski definition) is 1. The molecule has 2 bridgehead atoms. The van der Waals surface area contributed by atoms with E-state index in [1.54, 1.807) is 0 Å². The first-order valence-corrected chi connectivity index (χ1v) is 7.37. The highest BCUT2D eigenvalue weighted by molar-refractivity contribution is 5.62. The molecule has 1 nitrogen and oxygen atoms in total.